The normalized spacial score (nSPS) is 18.1. The molecule has 1 amide bonds. The van der Waals surface area contributed by atoms with Crippen LogP contribution in [0.5, 0.6) is 0 Å². The standard InChI is InChI=1S/C9H9NO4/c1-2-3-7(9(13)14)10-5-6(11)4-8(10)12/h1,7H,3-5H2,(H,13,14)/t7-/m0/s1. The average Bonchev–Trinajstić information content (AvgIpc) is 2.40. The van der Waals surface area contributed by atoms with E-state index in [1.54, 1.807) is 0 Å². The molecule has 14 heavy (non-hydrogen) atoms. The van der Waals surface area contributed by atoms with Crippen LogP contribution in [0, 0.1) is 12.3 Å². The molecule has 0 unspecified atom stereocenters. The van der Waals surface area contributed by atoms with Crippen LogP contribution in [0.3, 0.4) is 0 Å². The Hall–Kier alpha value is -1.83. The molecule has 5 nitrogen and oxygen atoms in total. The highest BCUT2D eigenvalue weighted by molar-refractivity contribution is 6.06. The highest BCUT2D eigenvalue weighted by Crippen LogP contribution is 2.13. The van der Waals surface area contributed by atoms with E-state index < -0.39 is 17.9 Å². The summed E-state index contributed by atoms with van der Waals surface area (Å²) in [6.45, 7) is -0.141. The first kappa shape index (κ1) is 10.3. The number of likely N-dealkylation sites (tertiary alicyclic amines) is 1. The van der Waals surface area contributed by atoms with E-state index in [1.165, 1.54) is 0 Å². The van der Waals surface area contributed by atoms with Crippen molar-refractivity contribution in [2.75, 3.05) is 6.54 Å². The number of carboxylic acids is 1. The predicted molar refractivity (Wildman–Crippen MR) is 46.2 cm³/mol. The van der Waals surface area contributed by atoms with E-state index in [1.807, 2.05) is 0 Å². The second-order valence-electron chi connectivity index (χ2n) is 3.00. The molecule has 0 aromatic rings. The van der Waals surface area contributed by atoms with E-state index in [0.717, 1.165) is 4.90 Å². The van der Waals surface area contributed by atoms with Crippen molar-refractivity contribution >= 4 is 17.7 Å². The number of aliphatic carboxylic acids is 1. The van der Waals surface area contributed by atoms with E-state index >= 15 is 0 Å². The number of terminal acetylenes is 1. The van der Waals surface area contributed by atoms with Gasteiger partial charge in [0.25, 0.3) is 0 Å². The van der Waals surface area contributed by atoms with Crippen LogP contribution in [-0.2, 0) is 14.4 Å². The topological polar surface area (TPSA) is 74.7 Å². The van der Waals surface area contributed by atoms with Gasteiger partial charge >= 0.3 is 5.97 Å². The van der Waals surface area contributed by atoms with Crippen LogP contribution in [0.15, 0.2) is 0 Å². The summed E-state index contributed by atoms with van der Waals surface area (Å²) in [5.74, 6) is 0.274. The third-order valence-electron chi connectivity index (χ3n) is 1.99. The second-order valence-corrected chi connectivity index (χ2v) is 3.00. The van der Waals surface area contributed by atoms with Gasteiger partial charge in [-0.05, 0) is 0 Å². The van der Waals surface area contributed by atoms with Crippen LogP contribution < -0.4 is 0 Å². The molecule has 0 bridgehead atoms. The van der Waals surface area contributed by atoms with Gasteiger partial charge in [-0.15, -0.1) is 12.3 Å². The van der Waals surface area contributed by atoms with Crippen LogP contribution in [0.4, 0.5) is 0 Å². The van der Waals surface area contributed by atoms with E-state index in [4.69, 9.17) is 11.5 Å². The van der Waals surface area contributed by atoms with Gasteiger partial charge in [-0.1, -0.05) is 0 Å². The number of amides is 1. The largest absolute Gasteiger partial charge is 0.480 e. The molecule has 0 spiro atoms. The van der Waals surface area contributed by atoms with E-state index in [0.29, 0.717) is 0 Å². The molecular weight excluding hydrogens is 186 g/mol. The monoisotopic (exact) mass is 195 g/mol. The molecule has 1 aliphatic heterocycles. The van der Waals surface area contributed by atoms with Gasteiger partial charge in [-0.3, -0.25) is 9.59 Å². The molecule has 0 saturated carbocycles. The predicted octanol–water partition coefficient (Wildman–Crippen LogP) is -0.736. The lowest BCUT2D eigenvalue weighted by Gasteiger charge is -2.21. The first-order chi connectivity index (χ1) is 6.56. The molecule has 1 saturated heterocycles. The summed E-state index contributed by atoms with van der Waals surface area (Å²) in [5.41, 5.74) is 0. The Morgan fingerprint density at radius 1 is 1.64 bits per heavy atom. The van der Waals surface area contributed by atoms with Crippen LogP contribution >= 0.6 is 0 Å². The fourth-order valence-electron chi connectivity index (χ4n) is 1.33. The van der Waals surface area contributed by atoms with Crippen LogP contribution in [0.25, 0.3) is 0 Å². The number of hydrogen-bond donors (Lipinski definition) is 1. The summed E-state index contributed by atoms with van der Waals surface area (Å²) < 4.78 is 0. The maximum Gasteiger partial charge on any atom is 0.327 e. The highest BCUT2D eigenvalue weighted by Gasteiger charge is 2.36. The molecule has 0 aromatic carbocycles. The first-order valence-corrected chi connectivity index (χ1v) is 4.03. The minimum absolute atomic E-state index is 0.0750. The number of carboxylic acid groups (broad SMARTS) is 1. The van der Waals surface area contributed by atoms with Crippen molar-refractivity contribution in [3.05, 3.63) is 0 Å². The molecule has 1 atom stereocenters. The van der Waals surface area contributed by atoms with Gasteiger partial charge in [-0.2, -0.15) is 0 Å². The fourth-order valence-corrected chi connectivity index (χ4v) is 1.33. The zero-order valence-electron chi connectivity index (χ0n) is 7.40. The van der Waals surface area contributed by atoms with E-state index in [-0.39, 0.29) is 25.2 Å². The molecule has 1 heterocycles. The summed E-state index contributed by atoms with van der Waals surface area (Å²) >= 11 is 0. The summed E-state index contributed by atoms with van der Waals surface area (Å²) in [4.78, 5) is 33.8. The maximum absolute atomic E-state index is 11.2. The Kier molecular flexibility index (Phi) is 2.87. The number of carbonyl (C=O) groups is 3. The maximum atomic E-state index is 11.2. The third-order valence-corrected chi connectivity index (χ3v) is 1.99. The van der Waals surface area contributed by atoms with Crippen molar-refractivity contribution in [3.8, 4) is 12.3 Å². The van der Waals surface area contributed by atoms with Gasteiger partial charge in [0.1, 0.15) is 6.04 Å². The number of nitrogens with zero attached hydrogens (tertiary/aromatic N) is 1. The Morgan fingerprint density at radius 2 is 2.29 bits per heavy atom. The van der Waals surface area contributed by atoms with Crippen molar-refractivity contribution < 1.29 is 19.5 Å². The summed E-state index contributed by atoms with van der Waals surface area (Å²) in [5, 5.41) is 8.77. The molecular formula is C9H9NO4. The zero-order chi connectivity index (χ0) is 10.7. The molecule has 1 fully saturated rings. The van der Waals surface area contributed by atoms with E-state index in [2.05, 4.69) is 5.92 Å². The molecule has 1 aliphatic rings. The van der Waals surface area contributed by atoms with E-state index in [9.17, 15) is 14.4 Å². The summed E-state index contributed by atoms with van der Waals surface area (Å²) in [6.07, 6.45) is 4.69. The molecule has 0 aromatic heterocycles. The average molecular weight is 195 g/mol. The Bertz CT molecular complexity index is 328. The van der Waals surface area contributed by atoms with Gasteiger partial charge in [0.15, 0.2) is 5.78 Å². The second kappa shape index (κ2) is 3.92. The van der Waals surface area contributed by atoms with Crippen LogP contribution in [-0.4, -0.2) is 40.3 Å². The zero-order valence-corrected chi connectivity index (χ0v) is 7.40. The van der Waals surface area contributed by atoms with Gasteiger partial charge in [0.05, 0.1) is 13.0 Å². The Morgan fingerprint density at radius 3 is 2.64 bits per heavy atom. The number of carbonyl (C=O) groups excluding carboxylic acids is 2. The van der Waals surface area contributed by atoms with Crippen LogP contribution in [0.1, 0.15) is 12.8 Å². The molecule has 0 aliphatic carbocycles. The van der Waals surface area contributed by atoms with Gasteiger partial charge < -0.3 is 10.0 Å². The lowest BCUT2D eigenvalue weighted by atomic mass is 10.2. The first-order valence-electron chi connectivity index (χ1n) is 4.03. The number of hydrogen-bond acceptors (Lipinski definition) is 3. The van der Waals surface area contributed by atoms with Crippen molar-refractivity contribution in [3.63, 3.8) is 0 Å². The fraction of sp³-hybridized carbons (Fsp3) is 0.444. The Labute approximate surface area is 80.7 Å². The molecule has 1 N–H and O–H groups in total. The highest BCUT2D eigenvalue weighted by atomic mass is 16.4. The van der Waals surface area contributed by atoms with Gasteiger partial charge in [0.2, 0.25) is 5.91 Å². The van der Waals surface area contributed by atoms with Gasteiger partial charge in [0, 0.05) is 6.42 Å². The van der Waals surface area contributed by atoms with Crippen molar-refractivity contribution in [1.29, 1.82) is 0 Å². The summed E-state index contributed by atoms with van der Waals surface area (Å²) in [6, 6.07) is -1.07. The number of ketones is 1. The summed E-state index contributed by atoms with van der Waals surface area (Å²) in [7, 11) is 0. The lowest BCUT2D eigenvalue weighted by molar-refractivity contribution is -0.148. The SMILES string of the molecule is C#CC[C@@H](C(=O)O)N1CC(=O)CC1=O. The van der Waals surface area contributed by atoms with Crippen LogP contribution in [0.2, 0.25) is 0 Å². The quantitative estimate of drug-likeness (QED) is 0.475. The molecule has 74 valence electrons. The smallest absolute Gasteiger partial charge is 0.327 e. The lowest BCUT2D eigenvalue weighted by Crippen LogP contribution is -2.42. The number of rotatable bonds is 3. The van der Waals surface area contributed by atoms with Crippen molar-refractivity contribution in [2.24, 2.45) is 0 Å². The van der Waals surface area contributed by atoms with Crippen molar-refractivity contribution in [1.82, 2.24) is 4.90 Å². The van der Waals surface area contributed by atoms with Crippen molar-refractivity contribution in [2.45, 2.75) is 18.9 Å². The molecule has 0 radical (unpaired) electrons. The minimum atomic E-state index is -1.17. The minimum Gasteiger partial charge on any atom is -0.480 e. The molecule has 5 heteroatoms. The molecule has 1 rings (SSSR count). The third kappa shape index (κ3) is 1.91. The van der Waals surface area contributed by atoms with Gasteiger partial charge in [-0.25, -0.2) is 4.79 Å². The Balaban J connectivity index is 2.79. The number of Topliss-reactive ketones (excluding diaryl/α,β-unsaturated/α-hetero) is 1.